The summed E-state index contributed by atoms with van der Waals surface area (Å²) in [5.41, 5.74) is 1.84. The molecule has 0 fully saturated rings. The van der Waals surface area contributed by atoms with Crippen molar-refractivity contribution in [3.63, 3.8) is 0 Å². The predicted octanol–water partition coefficient (Wildman–Crippen LogP) is 4.77. The Morgan fingerprint density at radius 2 is 1.76 bits per heavy atom. The number of carbonyl (C=O) groups is 2. The third-order valence-electron chi connectivity index (χ3n) is 5.18. The van der Waals surface area contributed by atoms with Crippen molar-refractivity contribution in [2.75, 3.05) is 23.7 Å². The molecule has 0 aliphatic rings. The van der Waals surface area contributed by atoms with Gasteiger partial charge in [0.25, 0.3) is 0 Å². The minimum absolute atomic E-state index is 0.0579. The van der Waals surface area contributed by atoms with Crippen molar-refractivity contribution in [3.05, 3.63) is 62.0 Å². The quantitative estimate of drug-likeness (QED) is 0.430. The van der Waals surface area contributed by atoms with E-state index in [4.69, 9.17) is 23.2 Å². The number of halogens is 3. The lowest BCUT2D eigenvalue weighted by atomic mass is 10.1. The van der Waals surface area contributed by atoms with Crippen molar-refractivity contribution in [1.82, 2.24) is 10.2 Å². The average molecular weight is 593 g/mol. The minimum Gasteiger partial charge on any atom is -0.355 e. The van der Waals surface area contributed by atoms with Gasteiger partial charge < -0.3 is 10.2 Å². The summed E-state index contributed by atoms with van der Waals surface area (Å²) in [5.74, 6) is -0.834. The standard InChI is InChI=1S/C23H28BrCl2N3O4S/c1-5-21(23(31)27-6-2)28(13-16-7-10-19(25)20(26)12-16)22(30)14-29(34(4,32)33)17-8-9-18(24)15(3)11-17/h7-12,21H,5-6,13-14H2,1-4H3,(H,27,31)/t21-/m1/s1. The van der Waals surface area contributed by atoms with Crippen LogP contribution in [0.4, 0.5) is 5.69 Å². The number of nitrogens with one attached hydrogen (secondary N) is 1. The highest BCUT2D eigenvalue weighted by atomic mass is 79.9. The van der Waals surface area contributed by atoms with E-state index in [1.807, 2.05) is 6.92 Å². The Kier molecular flexibility index (Phi) is 10.2. The van der Waals surface area contributed by atoms with Crippen molar-refractivity contribution >= 4 is 66.7 Å². The molecule has 2 amide bonds. The molecule has 2 aromatic carbocycles. The van der Waals surface area contributed by atoms with Crippen LogP contribution in [0.15, 0.2) is 40.9 Å². The Morgan fingerprint density at radius 1 is 1.09 bits per heavy atom. The van der Waals surface area contributed by atoms with Gasteiger partial charge in [-0.25, -0.2) is 8.42 Å². The van der Waals surface area contributed by atoms with Crippen molar-refractivity contribution in [2.24, 2.45) is 0 Å². The number of likely N-dealkylation sites (N-methyl/N-ethyl adjacent to an activating group) is 1. The van der Waals surface area contributed by atoms with Gasteiger partial charge in [0.05, 0.1) is 22.0 Å². The summed E-state index contributed by atoms with van der Waals surface area (Å²) in [7, 11) is -3.79. The Bertz CT molecular complexity index is 1160. The minimum atomic E-state index is -3.79. The second-order valence-corrected chi connectivity index (χ2v) is 11.4. The van der Waals surface area contributed by atoms with Gasteiger partial charge in [-0.15, -0.1) is 0 Å². The maximum absolute atomic E-state index is 13.6. The monoisotopic (exact) mass is 591 g/mol. The molecule has 0 saturated carbocycles. The van der Waals surface area contributed by atoms with E-state index in [2.05, 4.69) is 21.2 Å². The highest BCUT2D eigenvalue weighted by molar-refractivity contribution is 9.10. The van der Waals surface area contributed by atoms with Crippen LogP contribution in [0.3, 0.4) is 0 Å². The number of carbonyl (C=O) groups excluding carboxylic acids is 2. The normalized spacial score (nSPS) is 12.2. The zero-order valence-corrected chi connectivity index (χ0v) is 23.4. The molecule has 0 aromatic heterocycles. The largest absolute Gasteiger partial charge is 0.355 e. The molecule has 0 aliphatic carbocycles. The van der Waals surface area contributed by atoms with Crippen LogP contribution in [0, 0.1) is 6.92 Å². The maximum Gasteiger partial charge on any atom is 0.244 e. The molecular weight excluding hydrogens is 565 g/mol. The lowest BCUT2D eigenvalue weighted by Gasteiger charge is -2.33. The molecule has 0 radical (unpaired) electrons. The molecule has 0 unspecified atom stereocenters. The fourth-order valence-electron chi connectivity index (χ4n) is 3.44. The lowest BCUT2D eigenvalue weighted by molar-refractivity contribution is -0.140. The van der Waals surface area contributed by atoms with Gasteiger partial charge in [0, 0.05) is 17.6 Å². The molecule has 1 atom stereocenters. The van der Waals surface area contributed by atoms with E-state index in [0.29, 0.717) is 34.3 Å². The van der Waals surface area contributed by atoms with Gasteiger partial charge in [0.15, 0.2) is 0 Å². The molecule has 0 heterocycles. The third kappa shape index (κ3) is 7.34. The number of hydrogen-bond donors (Lipinski definition) is 1. The molecule has 0 aliphatic heterocycles. The fourth-order valence-corrected chi connectivity index (χ4v) is 4.85. The highest BCUT2D eigenvalue weighted by Crippen LogP contribution is 2.26. The van der Waals surface area contributed by atoms with E-state index >= 15 is 0 Å². The Balaban J connectivity index is 2.47. The summed E-state index contributed by atoms with van der Waals surface area (Å²) in [6.07, 6.45) is 1.39. The second-order valence-electron chi connectivity index (χ2n) is 7.79. The number of anilines is 1. The zero-order valence-electron chi connectivity index (χ0n) is 19.4. The number of rotatable bonds is 10. The summed E-state index contributed by atoms with van der Waals surface area (Å²) < 4.78 is 27.1. The van der Waals surface area contributed by atoms with Gasteiger partial charge in [-0.05, 0) is 61.7 Å². The molecule has 1 N–H and O–H groups in total. The molecule has 0 bridgehead atoms. The molecule has 34 heavy (non-hydrogen) atoms. The van der Waals surface area contributed by atoms with Crippen molar-refractivity contribution in [3.8, 4) is 0 Å². The first-order chi connectivity index (χ1) is 15.9. The number of hydrogen-bond acceptors (Lipinski definition) is 4. The van der Waals surface area contributed by atoms with Crippen LogP contribution in [0.25, 0.3) is 0 Å². The molecule has 2 rings (SSSR count). The van der Waals surface area contributed by atoms with Crippen LogP contribution in [0.1, 0.15) is 31.4 Å². The molecule has 186 valence electrons. The van der Waals surface area contributed by atoms with E-state index in [1.165, 1.54) is 4.90 Å². The van der Waals surface area contributed by atoms with Crippen LogP contribution in [-0.4, -0.2) is 50.5 Å². The Hall–Kier alpha value is -1.81. The number of benzene rings is 2. The average Bonchev–Trinajstić information content (AvgIpc) is 2.75. The van der Waals surface area contributed by atoms with Gasteiger partial charge >= 0.3 is 0 Å². The van der Waals surface area contributed by atoms with Crippen LogP contribution in [0.5, 0.6) is 0 Å². The van der Waals surface area contributed by atoms with Gasteiger partial charge in [-0.2, -0.15) is 0 Å². The Morgan fingerprint density at radius 3 is 2.29 bits per heavy atom. The number of aryl methyl sites for hydroxylation is 1. The lowest BCUT2D eigenvalue weighted by Crippen LogP contribution is -2.52. The Labute approximate surface area is 219 Å². The predicted molar refractivity (Wildman–Crippen MR) is 141 cm³/mol. The molecular formula is C23H28BrCl2N3O4S. The van der Waals surface area contributed by atoms with Crippen LogP contribution in [-0.2, 0) is 26.2 Å². The van der Waals surface area contributed by atoms with Crippen LogP contribution < -0.4 is 9.62 Å². The summed E-state index contributed by atoms with van der Waals surface area (Å²) in [6, 6.07) is 9.19. The van der Waals surface area contributed by atoms with Gasteiger partial charge in [0.1, 0.15) is 12.6 Å². The van der Waals surface area contributed by atoms with E-state index in [9.17, 15) is 18.0 Å². The van der Waals surface area contributed by atoms with Crippen molar-refractivity contribution in [1.29, 1.82) is 0 Å². The van der Waals surface area contributed by atoms with Gasteiger partial charge in [-0.1, -0.05) is 52.1 Å². The van der Waals surface area contributed by atoms with E-state index in [1.54, 1.807) is 50.2 Å². The maximum atomic E-state index is 13.6. The summed E-state index contributed by atoms with van der Waals surface area (Å²) >= 11 is 15.6. The topological polar surface area (TPSA) is 86.8 Å². The summed E-state index contributed by atoms with van der Waals surface area (Å²) in [6.45, 7) is 5.41. The SMILES string of the molecule is CCNC(=O)[C@@H](CC)N(Cc1ccc(Cl)c(Cl)c1)C(=O)CN(c1ccc(Br)c(C)c1)S(C)(=O)=O. The van der Waals surface area contributed by atoms with Gasteiger partial charge in [0.2, 0.25) is 21.8 Å². The summed E-state index contributed by atoms with van der Waals surface area (Å²) in [4.78, 5) is 27.7. The van der Waals surface area contributed by atoms with E-state index in [0.717, 1.165) is 20.6 Å². The first-order valence-electron chi connectivity index (χ1n) is 10.6. The van der Waals surface area contributed by atoms with Crippen molar-refractivity contribution in [2.45, 2.75) is 39.8 Å². The first kappa shape index (κ1) is 28.4. The third-order valence-corrected chi connectivity index (χ3v) is 7.95. The molecule has 2 aromatic rings. The highest BCUT2D eigenvalue weighted by Gasteiger charge is 2.31. The van der Waals surface area contributed by atoms with E-state index in [-0.39, 0.29) is 12.5 Å². The van der Waals surface area contributed by atoms with Gasteiger partial charge in [-0.3, -0.25) is 13.9 Å². The molecule has 7 nitrogen and oxygen atoms in total. The van der Waals surface area contributed by atoms with E-state index < -0.39 is 28.5 Å². The fraction of sp³-hybridized carbons (Fsp3) is 0.391. The van der Waals surface area contributed by atoms with Crippen LogP contribution >= 0.6 is 39.1 Å². The van der Waals surface area contributed by atoms with Crippen LogP contribution in [0.2, 0.25) is 10.0 Å². The number of sulfonamides is 1. The summed E-state index contributed by atoms with van der Waals surface area (Å²) in [5, 5.41) is 3.44. The molecule has 0 saturated heterocycles. The molecule has 0 spiro atoms. The second kappa shape index (κ2) is 12.2. The number of amides is 2. The van der Waals surface area contributed by atoms with Crippen molar-refractivity contribution < 1.29 is 18.0 Å². The first-order valence-corrected chi connectivity index (χ1v) is 14.0. The molecule has 11 heteroatoms. The zero-order chi connectivity index (χ0) is 25.6. The smallest absolute Gasteiger partial charge is 0.244 e. The number of nitrogens with zero attached hydrogens (tertiary/aromatic N) is 2.